The molecule has 8 nitrogen and oxygen atoms in total. The summed E-state index contributed by atoms with van der Waals surface area (Å²) in [7, 11) is 0. The van der Waals surface area contributed by atoms with E-state index < -0.39 is 22.4 Å². The minimum atomic E-state index is -1.31. The van der Waals surface area contributed by atoms with E-state index >= 15 is 0 Å². The Kier molecular flexibility index (Phi) is 5.16. The number of nitrogens with one attached hydrogen (secondary N) is 1. The molecule has 1 aliphatic heterocycles. The van der Waals surface area contributed by atoms with E-state index in [2.05, 4.69) is 11.4 Å². The summed E-state index contributed by atoms with van der Waals surface area (Å²) < 4.78 is 0. The van der Waals surface area contributed by atoms with Gasteiger partial charge in [0.05, 0.1) is 23.1 Å². The molecule has 0 aliphatic carbocycles. The van der Waals surface area contributed by atoms with Gasteiger partial charge in [-0.3, -0.25) is 19.8 Å². The Hall–Kier alpha value is -4.51. The summed E-state index contributed by atoms with van der Waals surface area (Å²) in [6.07, 6.45) is 0. The molecule has 1 saturated heterocycles. The number of nitro groups is 1. The zero-order valence-corrected chi connectivity index (χ0v) is 17.1. The van der Waals surface area contributed by atoms with Gasteiger partial charge in [0.15, 0.2) is 0 Å². The Morgan fingerprint density at radius 2 is 1.69 bits per heavy atom. The van der Waals surface area contributed by atoms with Gasteiger partial charge >= 0.3 is 6.03 Å². The standard InChI is InChI=1S/C24H18N4O4/c1-24(19-10-12-20(13-11-19)28(31)32)22(29)27(23(30)26-24)15-16-6-8-17(9-7-16)21-5-3-2-4-18(21)14-25/h2-13H,15H2,1H3,(H,26,30). The van der Waals surface area contributed by atoms with Gasteiger partial charge in [-0.2, -0.15) is 5.26 Å². The van der Waals surface area contributed by atoms with Crippen LogP contribution in [0.2, 0.25) is 0 Å². The van der Waals surface area contributed by atoms with Gasteiger partial charge in [-0.1, -0.05) is 42.5 Å². The summed E-state index contributed by atoms with van der Waals surface area (Å²) in [5.74, 6) is -0.435. The second-order valence-electron chi connectivity index (χ2n) is 7.60. The van der Waals surface area contributed by atoms with Crippen LogP contribution in [0.25, 0.3) is 11.1 Å². The van der Waals surface area contributed by atoms with E-state index in [4.69, 9.17) is 0 Å². The molecule has 3 amide bonds. The number of rotatable bonds is 5. The lowest BCUT2D eigenvalue weighted by Gasteiger charge is -2.22. The molecule has 3 aromatic rings. The summed E-state index contributed by atoms with van der Waals surface area (Å²) >= 11 is 0. The predicted molar refractivity (Wildman–Crippen MR) is 116 cm³/mol. The topological polar surface area (TPSA) is 116 Å². The summed E-state index contributed by atoms with van der Waals surface area (Å²) in [5.41, 5.74) is 2.04. The van der Waals surface area contributed by atoms with Crippen LogP contribution in [0.1, 0.15) is 23.6 Å². The van der Waals surface area contributed by atoms with Crippen molar-refractivity contribution >= 4 is 17.6 Å². The lowest BCUT2D eigenvalue weighted by Crippen LogP contribution is -2.40. The smallest absolute Gasteiger partial charge is 0.319 e. The number of nitro benzene ring substituents is 1. The van der Waals surface area contributed by atoms with Crippen LogP contribution in [0.4, 0.5) is 10.5 Å². The Bertz CT molecular complexity index is 1260. The van der Waals surface area contributed by atoms with E-state index in [9.17, 15) is 25.0 Å². The van der Waals surface area contributed by atoms with Gasteiger partial charge in [-0.15, -0.1) is 0 Å². The number of nitriles is 1. The van der Waals surface area contributed by atoms with Gasteiger partial charge in [0, 0.05) is 12.1 Å². The molecule has 8 heteroatoms. The quantitative estimate of drug-likeness (QED) is 0.374. The van der Waals surface area contributed by atoms with Crippen LogP contribution >= 0.6 is 0 Å². The van der Waals surface area contributed by atoms with Gasteiger partial charge in [0.25, 0.3) is 11.6 Å². The number of nitrogens with zero attached hydrogens (tertiary/aromatic N) is 3. The van der Waals surface area contributed by atoms with E-state index in [0.717, 1.165) is 21.6 Å². The fourth-order valence-corrected chi connectivity index (χ4v) is 3.76. The zero-order chi connectivity index (χ0) is 22.9. The van der Waals surface area contributed by atoms with Gasteiger partial charge < -0.3 is 5.32 Å². The third kappa shape index (κ3) is 3.56. The molecule has 1 atom stereocenters. The molecule has 1 unspecified atom stereocenters. The summed E-state index contributed by atoms with van der Waals surface area (Å²) in [6.45, 7) is 1.66. The second kappa shape index (κ2) is 7.96. The maximum atomic E-state index is 13.1. The fraction of sp³-hybridized carbons (Fsp3) is 0.125. The Balaban J connectivity index is 1.55. The molecule has 0 radical (unpaired) electrons. The summed E-state index contributed by atoms with van der Waals surface area (Å²) in [6, 6.07) is 21.8. The molecule has 158 valence electrons. The Morgan fingerprint density at radius 3 is 2.31 bits per heavy atom. The molecule has 1 N–H and O–H groups in total. The van der Waals surface area contributed by atoms with Crippen LogP contribution in [-0.4, -0.2) is 21.8 Å². The number of carbonyl (C=O) groups excluding carboxylic acids is 2. The molecule has 32 heavy (non-hydrogen) atoms. The molecule has 0 spiro atoms. The molecular weight excluding hydrogens is 408 g/mol. The highest BCUT2D eigenvalue weighted by molar-refractivity contribution is 6.07. The molecular formula is C24H18N4O4. The normalized spacial score (nSPS) is 17.7. The summed E-state index contributed by atoms with van der Waals surface area (Å²) in [4.78, 5) is 37.2. The number of carbonyl (C=O) groups is 2. The van der Waals surface area contributed by atoms with Crippen LogP contribution in [-0.2, 0) is 16.9 Å². The Labute approximate surface area is 183 Å². The highest BCUT2D eigenvalue weighted by Crippen LogP contribution is 2.31. The first-order valence-electron chi connectivity index (χ1n) is 9.81. The van der Waals surface area contributed by atoms with Crippen molar-refractivity contribution in [3.63, 3.8) is 0 Å². The fourth-order valence-electron chi connectivity index (χ4n) is 3.76. The maximum absolute atomic E-state index is 13.1. The van der Waals surface area contributed by atoms with Crippen molar-refractivity contribution in [1.82, 2.24) is 10.2 Å². The molecule has 4 rings (SSSR count). The molecule has 1 heterocycles. The van der Waals surface area contributed by atoms with Crippen LogP contribution in [0.15, 0.2) is 72.8 Å². The van der Waals surface area contributed by atoms with Crippen LogP contribution < -0.4 is 5.32 Å². The number of hydrogen-bond donors (Lipinski definition) is 1. The molecule has 0 bridgehead atoms. The molecule has 0 saturated carbocycles. The van der Waals surface area contributed by atoms with E-state index in [1.165, 1.54) is 24.3 Å². The highest BCUT2D eigenvalue weighted by Gasteiger charge is 2.48. The lowest BCUT2D eigenvalue weighted by molar-refractivity contribution is -0.384. The number of hydrogen-bond acceptors (Lipinski definition) is 5. The SMILES string of the molecule is CC1(c2ccc([N+](=O)[O-])cc2)NC(=O)N(Cc2ccc(-c3ccccc3C#N)cc2)C1=O. The number of imide groups is 1. The van der Waals surface area contributed by atoms with Gasteiger partial charge in [0.1, 0.15) is 5.54 Å². The third-order valence-corrected chi connectivity index (χ3v) is 5.58. The second-order valence-corrected chi connectivity index (χ2v) is 7.60. The van der Waals surface area contributed by atoms with E-state index in [0.29, 0.717) is 11.1 Å². The first-order valence-corrected chi connectivity index (χ1v) is 9.81. The molecule has 3 aromatic carbocycles. The molecule has 1 aliphatic rings. The summed E-state index contributed by atoms with van der Waals surface area (Å²) in [5, 5.41) is 22.9. The van der Waals surface area contributed by atoms with Crippen LogP contribution in [0.5, 0.6) is 0 Å². The van der Waals surface area contributed by atoms with Gasteiger partial charge in [-0.05, 0) is 47.4 Å². The van der Waals surface area contributed by atoms with Crippen molar-refractivity contribution in [2.24, 2.45) is 0 Å². The van der Waals surface area contributed by atoms with Crippen molar-refractivity contribution in [1.29, 1.82) is 5.26 Å². The van der Waals surface area contributed by atoms with Crippen LogP contribution in [0, 0.1) is 21.4 Å². The number of benzene rings is 3. The van der Waals surface area contributed by atoms with Crippen molar-refractivity contribution in [3.8, 4) is 17.2 Å². The first kappa shape index (κ1) is 20.8. The average molecular weight is 426 g/mol. The van der Waals surface area contributed by atoms with Gasteiger partial charge in [-0.25, -0.2) is 4.79 Å². The first-order chi connectivity index (χ1) is 15.3. The largest absolute Gasteiger partial charge is 0.325 e. The zero-order valence-electron chi connectivity index (χ0n) is 17.1. The minimum absolute atomic E-state index is 0.0768. The average Bonchev–Trinajstić information content (AvgIpc) is 3.03. The van der Waals surface area contributed by atoms with Gasteiger partial charge in [0.2, 0.25) is 0 Å². The number of amides is 3. The lowest BCUT2D eigenvalue weighted by atomic mass is 9.92. The van der Waals surface area contributed by atoms with Crippen molar-refractivity contribution < 1.29 is 14.5 Å². The Morgan fingerprint density at radius 1 is 1.03 bits per heavy atom. The monoisotopic (exact) mass is 426 g/mol. The third-order valence-electron chi connectivity index (χ3n) is 5.58. The number of urea groups is 1. The van der Waals surface area contributed by atoms with Crippen LogP contribution in [0.3, 0.4) is 0 Å². The predicted octanol–water partition coefficient (Wildman–Crippen LogP) is 4.10. The maximum Gasteiger partial charge on any atom is 0.325 e. The van der Waals surface area contributed by atoms with Crippen molar-refractivity contribution in [3.05, 3.63) is 99.6 Å². The van der Waals surface area contributed by atoms with E-state index in [1.807, 2.05) is 36.4 Å². The molecule has 1 fully saturated rings. The number of non-ortho nitro benzene ring substituents is 1. The van der Waals surface area contributed by atoms with Crippen molar-refractivity contribution in [2.75, 3.05) is 0 Å². The minimum Gasteiger partial charge on any atom is -0.319 e. The van der Waals surface area contributed by atoms with E-state index in [1.54, 1.807) is 19.1 Å². The highest BCUT2D eigenvalue weighted by atomic mass is 16.6. The van der Waals surface area contributed by atoms with Crippen molar-refractivity contribution in [2.45, 2.75) is 19.0 Å². The van der Waals surface area contributed by atoms with E-state index in [-0.39, 0.29) is 12.2 Å². The molecule has 0 aromatic heterocycles.